The van der Waals surface area contributed by atoms with Crippen molar-refractivity contribution in [2.75, 3.05) is 24.0 Å². The van der Waals surface area contributed by atoms with Gasteiger partial charge in [-0.1, -0.05) is 36.4 Å². The average molecular weight is 543 g/mol. The largest absolute Gasteiger partial charge is 0.496 e. The van der Waals surface area contributed by atoms with Crippen LogP contribution in [0.5, 0.6) is 11.5 Å². The first-order chi connectivity index (χ1) is 19.4. The molecule has 0 aliphatic carbocycles. The summed E-state index contributed by atoms with van der Waals surface area (Å²) >= 11 is 0. The standard InChI is InChI=1S/C30H30N4O6/c1-39-25-9-5-3-7-19(25)17-31-23-15-27(35)33(29(23)37)21-11-13-22(14-12-21)34-28(36)16-24(30(34)38)32-18-20-8-4-6-10-26(20)40-2/h3-14,23-24,31-32H,15-18H2,1-2H3. The van der Waals surface area contributed by atoms with Gasteiger partial charge in [-0.25, -0.2) is 9.80 Å². The Bertz CT molecular complexity index is 1330. The van der Waals surface area contributed by atoms with Gasteiger partial charge in [-0.05, 0) is 36.4 Å². The van der Waals surface area contributed by atoms with E-state index >= 15 is 0 Å². The second-order valence-electron chi connectivity index (χ2n) is 9.55. The molecule has 0 radical (unpaired) electrons. The summed E-state index contributed by atoms with van der Waals surface area (Å²) in [6.07, 6.45) is 0.0523. The predicted octanol–water partition coefficient (Wildman–Crippen LogP) is 2.55. The fourth-order valence-electron chi connectivity index (χ4n) is 5.04. The molecule has 0 aromatic heterocycles. The maximum absolute atomic E-state index is 13.1. The Hall–Kier alpha value is -4.54. The number of hydrogen-bond acceptors (Lipinski definition) is 8. The molecule has 0 spiro atoms. The lowest BCUT2D eigenvalue weighted by molar-refractivity contribution is -0.123. The summed E-state index contributed by atoms with van der Waals surface area (Å²) in [5.74, 6) is 0.0153. The summed E-state index contributed by atoms with van der Waals surface area (Å²) in [7, 11) is 3.16. The van der Waals surface area contributed by atoms with Gasteiger partial charge in [0, 0.05) is 24.2 Å². The van der Waals surface area contributed by atoms with E-state index in [4.69, 9.17) is 9.47 Å². The van der Waals surface area contributed by atoms with Crippen LogP contribution in [0.2, 0.25) is 0 Å². The summed E-state index contributed by atoms with van der Waals surface area (Å²) in [4.78, 5) is 54.0. The first-order valence-electron chi connectivity index (χ1n) is 13.0. The van der Waals surface area contributed by atoms with Crippen LogP contribution in [0.1, 0.15) is 24.0 Å². The molecule has 3 aromatic rings. The summed E-state index contributed by atoms with van der Waals surface area (Å²) in [6.45, 7) is 0.734. The highest BCUT2D eigenvalue weighted by Crippen LogP contribution is 2.29. The van der Waals surface area contributed by atoms with Gasteiger partial charge in [0.25, 0.3) is 11.8 Å². The van der Waals surface area contributed by atoms with E-state index in [1.165, 1.54) is 0 Å². The third-order valence-electron chi connectivity index (χ3n) is 7.12. The molecular weight excluding hydrogens is 512 g/mol. The van der Waals surface area contributed by atoms with Gasteiger partial charge in [-0.15, -0.1) is 0 Å². The van der Waals surface area contributed by atoms with Crippen LogP contribution < -0.4 is 29.9 Å². The van der Waals surface area contributed by atoms with Crippen LogP contribution in [-0.2, 0) is 32.3 Å². The van der Waals surface area contributed by atoms with E-state index in [0.29, 0.717) is 36.0 Å². The van der Waals surface area contributed by atoms with Crippen LogP contribution >= 0.6 is 0 Å². The smallest absolute Gasteiger partial charge is 0.251 e. The molecule has 2 aliphatic rings. The molecule has 2 saturated heterocycles. The van der Waals surface area contributed by atoms with E-state index in [-0.39, 0.29) is 36.5 Å². The van der Waals surface area contributed by atoms with Crippen molar-refractivity contribution in [3.8, 4) is 11.5 Å². The van der Waals surface area contributed by atoms with Crippen LogP contribution in [0.25, 0.3) is 0 Å². The maximum Gasteiger partial charge on any atom is 0.251 e. The van der Waals surface area contributed by atoms with Gasteiger partial charge in [0.1, 0.15) is 11.5 Å². The van der Waals surface area contributed by atoms with Gasteiger partial charge in [0.15, 0.2) is 0 Å². The second kappa shape index (κ2) is 11.7. The van der Waals surface area contributed by atoms with Gasteiger partial charge >= 0.3 is 0 Å². The number of nitrogens with zero attached hydrogens (tertiary/aromatic N) is 2. The Morgan fingerprint density at radius 1 is 0.625 bits per heavy atom. The number of ether oxygens (including phenoxy) is 2. The van der Waals surface area contributed by atoms with E-state index in [1.807, 2.05) is 48.5 Å². The lowest BCUT2D eigenvalue weighted by Gasteiger charge is -2.19. The molecule has 10 nitrogen and oxygen atoms in total. The van der Waals surface area contributed by atoms with E-state index in [9.17, 15) is 19.2 Å². The van der Waals surface area contributed by atoms with E-state index in [2.05, 4.69) is 10.6 Å². The number of imide groups is 2. The van der Waals surface area contributed by atoms with Gasteiger partial charge in [-0.3, -0.25) is 19.2 Å². The van der Waals surface area contributed by atoms with Gasteiger partial charge in [0.05, 0.1) is 50.5 Å². The topological polar surface area (TPSA) is 117 Å². The summed E-state index contributed by atoms with van der Waals surface area (Å²) in [5, 5.41) is 6.30. The summed E-state index contributed by atoms with van der Waals surface area (Å²) in [6, 6.07) is 19.9. The van der Waals surface area contributed by atoms with Crippen LogP contribution in [0.15, 0.2) is 72.8 Å². The number of anilines is 2. The molecule has 2 atom stereocenters. The van der Waals surface area contributed by atoms with Crippen molar-refractivity contribution in [2.45, 2.75) is 38.0 Å². The van der Waals surface area contributed by atoms with Crippen LogP contribution in [0.3, 0.4) is 0 Å². The van der Waals surface area contributed by atoms with Gasteiger partial charge in [0.2, 0.25) is 11.8 Å². The first-order valence-corrected chi connectivity index (χ1v) is 13.0. The quantitative estimate of drug-likeness (QED) is 0.376. The number of carbonyl (C=O) groups is 4. The number of rotatable bonds is 10. The van der Waals surface area contributed by atoms with Crippen molar-refractivity contribution in [2.24, 2.45) is 0 Å². The normalized spacial score (nSPS) is 19.1. The van der Waals surface area contributed by atoms with Crippen LogP contribution in [0.4, 0.5) is 11.4 Å². The molecule has 4 amide bonds. The molecule has 0 bridgehead atoms. The minimum absolute atomic E-state index is 0.0262. The lowest BCUT2D eigenvalue weighted by atomic mass is 10.1. The molecule has 10 heteroatoms. The highest BCUT2D eigenvalue weighted by atomic mass is 16.5. The Balaban J connectivity index is 1.23. The molecule has 2 aliphatic heterocycles. The van der Waals surface area contributed by atoms with Crippen molar-refractivity contribution >= 4 is 35.0 Å². The minimum Gasteiger partial charge on any atom is -0.496 e. The monoisotopic (exact) mass is 542 g/mol. The number of nitrogens with one attached hydrogen (secondary N) is 2. The Morgan fingerprint density at radius 3 is 1.38 bits per heavy atom. The molecule has 2 heterocycles. The third-order valence-corrected chi connectivity index (χ3v) is 7.12. The van der Waals surface area contributed by atoms with Crippen molar-refractivity contribution in [3.05, 3.63) is 83.9 Å². The first kappa shape index (κ1) is 27.0. The number of amides is 4. The van der Waals surface area contributed by atoms with E-state index in [0.717, 1.165) is 20.9 Å². The molecule has 40 heavy (non-hydrogen) atoms. The van der Waals surface area contributed by atoms with Crippen molar-refractivity contribution in [3.63, 3.8) is 0 Å². The number of carbonyl (C=O) groups excluding carboxylic acids is 4. The number of hydrogen-bond donors (Lipinski definition) is 2. The lowest BCUT2D eigenvalue weighted by Crippen LogP contribution is -2.39. The zero-order valence-electron chi connectivity index (χ0n) is 22.3. The maximum atomic E-state index is 13.1. The van der Waals surface area contributed by atoms with Gasteiger partial charge in [-0.2, -0.15) is 0 Å². The molecular formula is C30H30N4O6. The Labute approximate surface area is 231 Å². The van der Waals surface area contributed by atoms with E-state index < -0.39 is 12.1 Å². The Kier molecular flexibility index (Phi) is 7.90. The van der Waals surface area contributed by atoms with Crippen molar-refractivity contribution in [1.29, 1.82) is 0 Å². The highest BCUT2D eigenvalue weighted by molar-refractivity contribution is 6.24. The van der Waals surface area contributed by atoms with Crippen LogP contribution in [-0.4, -0.2) is 49.9 Å². The molecule has 3 aromatic carbocycles. The molecule has 2 fully saturated rings. The predicted molar refractivity (Wildman–Crippen MR) is 148 cm³/mol. The van der Waals surface area contributed by atoms with E-state index in [1.54, 1.807) is 38.5 Å². The summed E-state index contributed by atoms with van der Waals surface area (Å²) in [5.41, 5.74) is 2.52. The fourth-order valence-corrected chi connectivity index (χ4v) is 5.04. The zero-order valence-corrected chi connectivity index (χ0v) is 22.3. The second-order valence-corrected chi connectivity index (χ2v) is 9.55. The zero-order chi connectivity index (χ0) is 28.2. The summed E-state index contributed by atoms with van der Waals surface area (Å²) < 4.78 is 10.7. The van der Waals surface area contributed by atoms with Gasteiger partial charge < -0.3 is 20.1 Å². The Morgan fingerprint density at radius 2 is 1.00 bits per heavy atom. The van der Waals surface area contributed by atoms with Crippen LogP contribution in [0, 0.1) is 0 Å². The van der Waals surface area contributed by atoms with Crippen molar-refractivity contribution < 1.29 is 28.7 Å². The molecule has 2 N–H and O–H groups in total. The molecule has 5 rings (SSSR count). The molecule has 0 saturated carbocycles. The van der Waals surface area contributed by atoms with Crippen molar-refractivity contribution in [1.82, 2.24) is 10.6 Å². The fraction of sp³-hybridized carbons (Fsp3) is 0.267. The number of benzene rings is 3. The molecule has 2 unspecified atom stereocenters. The third kappa shape index (κ3) is 5.31. The minimum atomic E-state index is -0.672. The molecule has 206 valence electrons. The number of methoxy groups -OCH3 is 2. The number of para-hydroxylation sites is 2. The SMILES string of the molecule is COc1ccccc1CNC1CC(=O)N(c2ccc(N3C(=O)CC(NCc4ccccc4OC)C3=O)cc2)C1=O. The average Bonchev–Trinajstić information content (AvgIpc) is 3.43. The highest BCUT2D eigenvalue weighted by Gasteiger charge is 2.41.